The van der Waals surface area contributed by atoms with Crippen LogP contribution in [-0.4, -0.2) is 35.1 Å². The summed E-state index contributed by atoms with van der Waals surface area (Å²) >= 11 is 0. The highest BCUT2D eigenvalue weighted by molar-refractivity contribution is 5.73. The maximum atomic E-state index is 5.40. The number of nitrogens with zero attached hydrogens (tertiary/aromatic N) is 6. The zero-order chi connectivity index (χ0) is 17.4. The molecule has 8 nitrogen and oxygen atoms in total. The molecular weight excluding hydrogens is 330 g/mol. The van der Waals surface area contributed by atoms with Crippen LogP contribution in [0.3, 0.4) is 0 Å². The molecule has 0 unspecified atom stereocenters. The van der Waals surface area contributed by atoms with Crippen LogP contribution in [0, 0.1) is 0 Å². The Balaban J connectivity index is 1.67. The zero-order valence-electron chi connectivity index (χ0n) is 13.6. The molecule has 4 aromatic rings. The van der Waals surface area contributed by atoms with E-state index in [2.05, 4.69) is 41.2 Å². The van der Waals surface area contributed by atoms with Gasteiger partial charge in [0.1, 0.15) is 18.3 Å². The summed E-state index contributed by atoms with van der Waals surface area (Å²) in [6.45, 7) is 0. The van der Waals surface area contributed by atoms with Gasteiger partial charge in [0.15, 0.2) is 12.2 Å². The Morgan fingerprint density at radius 3 is 2.38 bits per heavy atom. The van der Waals surface area contributed by atoms with Crippen LogP contribution in [0.5, 0.6) is 0 Å². The van der Waals surface area contributed by atoms with Gasteiger partial charge in [-0.25, -0.2) is 24.9 Å². The third-order valence-electron chi connectivity index (χ3n) is 4.62. The van der Waals surface area contributed by atoms with Crippen molar-refractivity contribution in [2.24, 2.45) is 0 Å². The highest BCUT2D eigenvalue weighted by Gasteiger charge is 2.39. The lowest BCUT2D eigenvalue weighted by atomic mass is 9.73. The fraction of sp³-hybridized carbons (Fsp3) is 0.111. The summed E-state index contributed by atoms with van der Waals surface area (Å²) in [4.78, 5) is 21.0. The van der Waals surface area contributed by atoms with Crippen LogP contribution in [0.2, 0.25) is 0 Å². The first-order chi connectivity index (χ1) is 12.9. The number of aromatic nitrogens is 7. The summed E-state index contributed by atoms with van der Waals surface area (Å²) < 4.78 is 5.40. The fourth-order valence-electron chi connectivity index (χ4n) is 3.38. The van der Waals surface area contributed by atoms with Gasteiger partial charge in [-0.15, -0.1) is 0 Å². The number of allylic oxidation sites excluding steroid dienone is 1. The molecule has 0 bridgehead atoms. The van der Waals surface area contributed by atoms with Crippen LogP contribution < -0.4 is 0 Å². The Morgan fingerprint density at radius 1 is 1.00 bits per heavy atom. The number of oxazole rings is 1. The summed E-state index contributed by atoms with van der Waals surface area (Å²) in [7, 11) is 0. The molecule has 0 aliphatic heterocycles. The van der Waals surface area contributed by atoms with Gasteiger partial charge in [-0.05, 0) is 12.1 Å². The van der Waals surface area contributed by atoms with E-state index in [9.17, 15) is 0 Å². The largest absolute Gasteiger partial charge is 0.442 e. The molecule has 1 N–H and O–H groups in total. The SMILES string of the molecule is C1=CC(c2ccncn2)(c2ccncn2)Cc2[nH]nc(-c3cnco3)c21. The molecule has 4 aromatic heterocycles. The molecule has 5 rings (SSSR count). The van der Waals surface area contributed by atoms with E-state index >= 15 is 0 Å². The molecule has 1 aliphatic rings. The van der Waals surface area contributed by atoms with E-state index in [0.717, 1.165) is 28.3 Å². The summed E-state index contributed by atoms with van der Waals surface area (Å²) in [6.07, 6.45) is 14.4. The van der Waals surface area contributed by atoms with Crippen molar-refractivity contribution in [1.82, 2.24) is 35.1 Å². The van der Waals surface area contributed by atoms with Gasteiger partial charge in [0.25, 0.3) is 0 Å². The van der Waals surface area contributed by atoms with Gasteiger partial charge >= 0.3 is 0 Å². The minimum Gasteiger partial charge on any atom is -0.442 e. The first kappa shape index (κ1) is 14.6. The number of fused-ring (bicyclic) bond motifs is 1. The molecule has 0 fully saturated rings. The smallest absolute Gasteiger partial charge is 0.181 e. The van der Waals surface area contributed by atoms with Crippen molar-refractivity contribution in [3.63, 3.8) is 0 Å². The van der Waals surface area contributed by atoms with E-state index < -0.39 is 5.41 Å². The predicted octanol–water partition coefficient (Wildman–Crippen LogP) is 2.20. The molecule has 126 valence electrons. The van der Waals surface area contributed by atoms with E-state index in [0.29, 0.717) is 12.2 Å². The Kier molecular flexibility index (Phi) is 3.21. The Bertz CT molecular complexity index is 1020. The standard InChI is InChI=1S/C18H13N7O/c1-4-18(15-2-5-19-9-22-15,16-3-6-20-10-23-16)7-13-12(1)17(25-24-13)14-8-21-11-26-14/h1-6,8-11H,7H2,(H,24,25). The third-order valence-corrected chi connectivity index (χ3v) is 4.62. The summed E-state index contributed by atoms with van der Waals surface area (Å²) in [5.74, 6) is 0.628. The lowest BCUT2D eigenvalue weighted by molar-refractivity contribution is 0.569. The molecule has 0 amide bonds. The van der Waals surface area contributed by atoms with Crippen molar-refractivity contribution in [3.8, 4) is 11.5 Å². The molecule has 1 aliphatic carbocycles. The van der Waals surface area contributed by atoms with Gasteiger partial charge in [0.05, 0.1) is 23.0 Å². The van der Waals surface area contributed by atoms with Crippen LogP contribution in [-0.2, 0) is 11.8 Å². The first-order valence-electron chi connectivity index (χ1n) is 8.05. The lowest BCUT2D eigenvalue weighted by Gasteiger charge is -2.31. The molecule has 0 spiro atoms. The van der Waals surface area contributed by atoms with Crippen LogP contribution in [0.1, 0.15) is 22.6 Å². The Hall–Kier alpha value is -3.68. The first-order valence-corrected chi connectivity index (χ1v) is 8.05. The molecule has 0 saturated carbocycles. The van der Waals surface area contributed by atoms with Crippen molar-refractivity contribution in [3.05, 3.63) is 78.5 Å². The summed E-state index contributed by atoms with van der Waals surface area (Å²) in [6, 6.07) is 3.82. The number of rotatable bonds is 3. The minimum atomic E-state index is -0.524. The molecule has 4 heterocycles. The van der Waals surface area contributed by atoms with Crippen LogP contribution >= 0.6 is 0 Å². The summed E-state index contributed by atoms with van der Waals surface area (Å²) in [5.41, 5.74) is 3.92. The highest BCUT2D eigenvalue weighted by Crippen LogP contribution is 2.41. The second-order valence-electron chi connectivity index (χ2n) is 6.00. The van der Waals surface area contributed by atoms with Gasteiger partial charge in [0, 0.05) is 30.1 Å². The van der Waals surface area contributed by atoms with Crippen LogP contribution in [0.15, 0.2) is 60.3 Å². The van der Waals surface area contributed by atoms with E-state index in [4.69, 9.17) is 4.42 Å². The van der Waals surface area contributed by atoms with Crippen molar-refractivity contribution >= 4 is 6.08 Å². The molecule has 0 aromatic carbocycles. The second kappa shape index (κ2) is 5.69. The maximum absolute atomic E-state index is 5.40. The molecule has 0 saturated heterocycles. The monoisotopic (exact) mass is 343 g/mol. The minimum absolute atomic E-state index is 0.524. The van der Waals surface area contributed by atoms with Gasteiger partial charge in [-0.2, -0.15) is 5.10 Å². The zero-order valence-corrected chi connectivity index (χ0v) is 13.6. The number of nitrogens with one attached hydrogen (secondary N) is 1. The third kappa shape index (κ3) is 2.16. The van der Waals surface area contributed by atoms with Gasteiger partial charge in [0.2, 0.25) is 0 Å². The number of aromatic amines is 1. The fourth-order valence-corrected chi connectivity index (χ4v) is 3.38. The van der Waals surface area contributed by atoms with E-state index in [1.807, 2.05) is 18.2 Å². The van der Waals surface area contributed by atoms with E-state index in [-0.39, 0.29) is 0 Å². The van der Waals surface area contributed by atoms with Gasteiger partial charge < -0.3 is 4.42 Å². The van der Waals surface area contributed by atoms with E-state index in [1.54, 1.807) is 31.2 Å². The topological polar surface area (TPSA) is 106 Å². The quantitative estimate of drug-likeness (QED) is 0.607. The predicted molar refractivity (Wildman–Crippen MR) is 91.7 cm³/mol. The Morgan fingerprint density at radius 2 is 1.77 bits per heavy atom. The molecule has 0 radical (unpaired) electrons. The van der Waals surface area contributed by atoms with Crippen LogP contribution in [0.4, 0.5) is 0 Å². The summed E-state index contributed by atoms with van der Waals surface area (Å²) in [5, 5.41) is 7.55. The van der Waals surface area contributed by atoms with Crippen molar-refractivity contribution in [2.45, 2.75) is 11.8 Å². The number of hydrogen-bond donors (Lipinski definition) is 1. The van der Waals surface area contributed by atoms with Gasteiger partial charge in [-0.3, -0.25) is 5.10 Å². The van der Waals surface area contributed by atoms with E-state index in [1.165, 1.54) is 6.39 Å². The van der Waals surface area contributed by atoms with Crippen LogP contribution in [0.25, 0.3) is 17.5 Å². The second-order valence-corrected chi connectivity index (χ2v) is 6.00. The Labute approximate surface area is 148 Å². The van der Waals surface area contributed by atoms with Crippen molar-refractivity contribution in [1.29, 1.82) is 0 Å². The average molecular weight is 343 g/mol. The maximum Gasteiger partial charge on any atom is 0.181 e. The molecular formula is C18H13N7O. The average Bonchev–Trinajstić information content (AvgIpc) is 3.38. The number of H-pyrrole nitrogens is 1. The van der Waals surface area contributed by atoms with Crippen molar-refractivity contribution < 1.29 is 4.42 Å². The highest BCUT2D eigenvalue weighted by atomic mass is 16.3. The molecule has 8 heteroatoms. The molecule has 0 atom stereocenters. The molecule has 26 heavy (non-hydrogen) atoms. The van der Waals surface area contributed by atoms with Gasteiger partial charge in [-0.1, -0.05) is 12.2 Å². The lowest BCUT2D eigenvalue weighted by Crippen LogP contribution is -2.32. The number of hydrogen-bond acceptors (Lipinski definition) is 7. The normalized spacial score (nSPS) is 14.9. The van der Waals surface area contributed by atoms with Crippen molar-refractivity contribution in [2.75, 3.05) is 0 Å².